The van der Waals surface area contributed by atoms with Gasteiger partial charge in [0.25, 0.3) is 0 Å². The van der Waals surface area contributed by atoms with Crippen LogP contribution in [-0.4, -0.2) is 26.2 Å². The molecule has 154 valence electrons. The van der Waals surface area contributed by atoms with Crippen LogP contribution in [0.4, 0.5) is 0 Å². The largest absolute Gasteiger partial charge is 0.265 e. The lowest BCUT2D eigenvalue weighted by atomic mass is 10.0. The van der Waals surface area contributed by atoms with Crippen molar-refractivity contribution in [3.63, 3.8) is 0 Å². The summed E-state index contributed by atoms with van der Waals surface area (Å²) in [6.07, 6.45) is 12.2. The zero-order valence-corrected chi connectivity index (χ0v) is 17.7. The summed E-state index contributed by atoms with van der Waals surface area (Å²) in [5, 5.41) is 0. The van der Waals surface area contributed by atoms with Crippen molar-refractivity contribution in [2.45, 2.75) is 13.3 Å². The Morgan fingerprint density at radius 3 is 1.84 bits per heavy atom. The van der Waals surface area contributed by atoms with Crippen LogP contribution >= 0.6 is 0 Å². The molecule has 5 rings (SSSR count). The van der Waals surface area contributed by atoms with Crippen molar-refractivity contribution in [2.75, 3.05) is 0 Å². The zero-order valence-electron chi connectivity index (χ0n) is 17.7. The van der Waals surface area contributed by atoms with E-state index in [1.807, 2.05) is 43.6 Å². The monoisotopic (exact) mass is 415 g/mol. The van der Waals surface area contributed by atoms with Gasteiger partial charge in [-0.1, -0.05) is 54.6 Å². The molecule has 0 spiro atoms. The number of aryl methyl sites for hydroxylation is 1. The Hall–Kier alpha value is -4.25. The van der Waals surface area contributed by atoms with Gasteiger partial charge in [0.1, 0.15) is 5.82 Å². The second-order valence-corrected chi connectivity index (χ2v) is 7.50. The molecule has 32 heavy (non-hydrogen) atoms. The summed E-state index contributed by atoms with van der Waals surface area (Å²) in [7, 11) is 0. The van der Waals surface area contributed by atoms with Crippen molar-refractivity contribution in [1.82, 2.24) is 19.9 Å². The number of hydrogen-bond donors (Lipinski definition) is 0. The fourth-order valence-corrected chi connectivity index (χ4v) is 3.63. The second kappa shape index (κ2) is 8.86. The van der Waals surface area contributed by atoms with E-state index in [9.17, 15) is 0 Å². The van der Waals surface area contributed by atoms with E-state index in [2.05, 4.69) is 68.5 Å². The highest BCUT2D eigenvalue weighted by molar-refractivity contribution is 5.86. The molecule has 0 unspecified atom stereocenters. The van der Waals surface area contributed by atoms with Crippen molar-refractivity contribution in [3.05, 3.63) is 103 Å². The number of allylic oxidation sites excluding steroid dienone is 3. The van der Waals surface area contributed by atoms with Crippen molar-refractivity contribution >= 4 is 11.8 Å². The van der Waals surface area contributed by atoms with Crippen LogP contribution in [0.15, 0.2) is 96.4 Å². The van der Waals surface area contributed by atoms with Gasteiger partial charge < -0.3 is 0 Å². The van der Waals surface area contributed by atoms with E-state index in [-0.39, 0.29) is 0 Å². The molecular weight excluding hydrogens is 394 g/mol. The maximum atomic E-state index is 4.75. The molecule has 5 heteroatoms. The molecule has 0 fully saturated rings. The fourth-order valence-electron chi connectivity index (χ4n) is 3.63. The lowest BCUT2D eigenvalue weighted by molar-refractivity contribution is 0.992. The minimum Gasteiger partial charge on any atom is -0.265 e. The van der Waals surface area contributed by atoms with Crippen LogP contribution in [0, 0.1) is 6.92 Å². The maximum absolute atomic E-state index is 4.75. The number of aliphatic imine (C=N–C) groups is 1. The Bertz CT molecular complexity index is 1320. The van der Waals surface area contributed by atoms with Gasteiger partial charge in [-0.05, 0) is 53.8 Å². The van der Waals surface area contributed by atoms with Crippen molar-refractivity contribution in [2.24, 2.45) is 4.99 Å². The average Bonchev–Trinajstić information content (AvgIpc) is 3.14. The first-order chi connectivity index (χ1) is 15.8. The maximum Gasteiger partial charge on any atom is 0.163 e. The van der Waals surface area contributed by atoms with E-state index < -0.39 is 0 Å². The Labute approximate surface area is 187 Å². The van der Waals surface area contributed by atoms with Crippen molar-refractivity contribution in [3.8, 4) is 33.9 Å². The van der Waals surface area contributed by atoms with Gasteiger partial charge in [0.05, 0.1) is 0 Å². The summed E-state index contributed by atoms with van der Waals surface area (Å²) in [4.78, 5) is 22.2. The first-order valence-corrected chi connectivity index (χ1v) is 10.5. The first kappa shape index (κ1) is 19.7. The lowest BCUT2D eigenvalue weighted by Gasteiger charge is -2.08. The molecule has 1 aliphatic heterocycles. The van der Waals surface area contributed by atoms with Gasteiger partial charge in [-0.25, -0.2) is 15.0 Å². The molecule has 0 saturated carbocycles. The number of nitrogens with zero attached hydrogens (tertiary/aromatic N) is 5. The fraction of sp³-hybridized carbons (Fsp3) is 0.0741. The molecule has 0 N–H and O–H groups in total. The molecule has 0 amide bonds. The quantitative estimate of drug-likeness (QED) is 0.413. The molecule has 3 heterocycles. The topological polar surface area (TPSA) is 63.9 Å². The predicted molar refractivity (Wildman–Crippen MR) is 129 cm³/mol. The second-order valence-electron chi connectivity index (χ2n) is 7.50. The standard InChI is InChI=1S/C27H21N5/c1-19-30-26(24-8-4-21(5-9-24)20-3-2-15-28-16-12-20)32-27(31-19)25-10-6-22(7-11-25)23-13-17-29-18-14-23/h2,4-18H,3H2,1H3. The van der Waals surface area contributed by atoms with Gasteiger partial charge in [-0.3, -0.25) is 9.98 Å². The summed E-state index contributed by atoms with van der Waals surface area (Å²) >= 11 is 0. The highest BCUT2D eigenvalue weighted by atomic mass is 15.0. The minimum atomic E-state index is 0.672. The molecule has 1 aliphatic rings. The third kappa shape index (κ3) is 4.27. The zero-order chi connectivity index (χ0) is 21.8. The molecule has 5 nitrogen and oxygen atoms in total. The van der Waals surface area contributed by atoms with Gasteiger partial charge in [-0.15, -0.1) is 0 Å². The van der Waals surface area contributed by atoms with Gasteiger partial charge in [0, 0.05) is 35.9 Å². The van der Waals surface area contributed by atoms with Crippen LogP contribution in [0.3, 0.4) is 0 Å². The van der Waals surface area contributed by atoms with Crippen LogP contribution in [0.2, 0.25) is 0 Å². The van der Waals surface area contributed by atoms with Gasteiger partial charge >= 0.3 is 0 Å². The Balaban J connectivity index is 1.43. The predicted octanol–water partition coefficient (Wildman–Crippen LogP) is 5.95. The molecule has 0 bridgehead atoms. The van der Waals surface area contributed by atoms with Crippen LogP contribution in [-0.2, 0) is 0 Å². The smallest absolute Gasteiger partial charge is 0.163 e. The van der Waals surface area contributed by atoms with Crippen LogP contribution < -0.4 is 0 Å². The number of benzene rings is 2. The highest BCUT2D eigenvalue weighted by Crippen LogP contribution is 2.26. The number of hydrogen-bond acceptors (Lipinski definition) is 5. The van der Waals surface area contributed by atoms with E-state index in [1.54, 1.807) is 12.4 Å². The normalized spacial score (nSPS) is 13.0. The highest BCUT2D eigenvalue weighted by Gasteiger charge is 2.10. The summed E-state index contributed by atoms with van der Waals surface area (Å²) < 4.78 is 0. The number of aromatic nitrogens is 4. The lowest BCUT2D eigenvalue weighted by Crippen LogP contribution is -1.99. The van der Waals surface area contributed by atoms with Gasteiger partial charge in [0.15, 0.2) is 11.6 Å². The molecule has 0 aliphatic carbocycles. The Kier molecular flexibility index (Phi) is 5.45. The van der Waals surface area contributed by atoms with Crippen LogP contribution in [0.25, 0.3) is 39.5 Å². The third-order valence-electron chi connectivity index (χ3n) is 5.31. The molecule has 0 atom stereocenters. The summed E-state index contributed by atoms with van der Waals surface area (Å²) in [5.74, 6) is 2.04. The molecule has 0 saturated heterocycles. The van der Waals surface area contributed by atoms with E-state index in [1.165, 1.54) is 11.1 Å². The molecule has 2 aromatic heterocycles. The molecule has 4 aromatic rings. The van der Waals surface area contributed by atoms with E-state index in [4.69, 9.17) is 4.98 Å². The summed E-state index contributed by atoms with van der Waals surface area (Å²) in [5.41, 5.74) is 6.59. The Morgan fingerprint density at radius 2 is 1.19 bits per heavy atom. The van der Waals surface area contributed by atoms with Crippen LogP contribution in [0.1, 0.15) is 17.8 Å². The van der Waals surface area contributed by atoms with E-state index in [0.717, 1.165) is 28.7 Å². The molecule has 2 aromatic carbocycles. The molecule has 0 radical (unpaired) electrons. The average molecular weight is 416 g/mol. The van der Waals surface area contributed by atoms with Crippen molar-refractivity contribution < 1.29 is 0 Å². The summed E-state index contributed by atoms with van der Waals surface area (Å²) in [6.45, 7) is 1.90. The summed E-state index contributed by atoms with van der Waals surface area (Å²) in [6, 6.07) is 20.6. The van der Waals surface area contributed by atoms with E-state index >= 15 is 0 Å². The van der Waals surface area contributed by atoms with E-state index in [0.29, 0.717) is 17.5 Å². The minimum absolute atomic E-state index is 0.672. The van der Waals surface area contributed by atoms with Gasteiger partial charge in [-0.2, -0.15) is 0 Å². The van der Waals surface area contributed by atoms with Gasteiger partial charge in [0.2, 0.25) is 0 Å². The Morgan fingerprint density at radius 1 is 0.625 bits per heavy atom. The van der Waals surface area contributed by atoms with Crippen molar-refractivity contribution in [1.29, 1.82) is 0 Å². The third-order valence-corrected chi connectivity index (χ3v) is 5.31. The SMILES string of the molecule is Cc1nc(-c2ccc(C3=CC=NC=CC3)cc2)nc(-c2ccc(-c3ccncc3)cc2)n1. The first-order valence-electron chi connectivity index (χ1n) is 10.5. The molecular formula is C27H21N5. The van der Waals surface area contributed by atoms with Crippen LogP contribution in [0.5, 0.6) is 0 Å². The number of pyridine rings is 1. The number of rotatable bonds is 4.